The molecule has 1 aromatic heterocycles. The fraction of sp³-hybridized carbons (Fsp3) is 0.353. The molecule has 1 heterocycles. The van der Waals surface area contributed by atoms with Gasteiger partial charge in [-0.2, -0.15) is 0 Å². The van der Waals surface area contributed by atoms with Crippen LogP contribution in [-0.4, -0.2) is 16.6 Å². The summed E-state index contributed by atoms with van der Waals surface area (Å²) in [6.45, 7) is 3.88. The fourth-order valence-corrected chi connectivity index (χ4v) is 4.61. The van der Waals surface area contributed by atoms with E-state index < -0.39 is 0 Å². The third kappa shape index (κ3) is 3.70. The molecule has 0 bridgehead atoms. The van der Waals surface area contributed by atoms with E-state index in [1.54, 1.807) is 11.3 Å². The number of hydrogen-bond acceptors (Lipinski definition) is 2. The molecule has 0 unspecified atom stereocenters. The van der Waals surface area contributed by atoms with Crippen LogP contribution in [0.4, 0.5) is 5.69 Å². The number of nitrogens with one attached hydrogen (secondary N) is 1. The highest BCUT2D eigenvalue weighted by Gasteiger charge is 2.13. The first kappa shape index (κ1) is 16.0. The molecule has 0 saturated carbocycles. The van der Waals surface area contributed by atoms with Gasteiger partial charge in [0.25, 0.3) is 0 Å². The molecule has 0 saturated heterocycles. The van der Waals surface area contributed by atoms with Crippen LogP contribution in [0.1, 0.15) is 29.3 Å². The molecule has 1 N–H and O–H groups in total. The maximum atomic E-state index is 5.60. The van der Waals surface area contributed by atoms with E-state index in [4.69, 9.17) is 12.2 Å². The maximum absolute atomic E-state index is 5.60. The van der Waals surface area contributed by atoms with Crippen LogP contribution in [0.3, 0.4) is 0 Å². The molecule has 0 spiro atoms. The van der Waals surface area contributed by atoms with Gasteiger partial charge in [-0.25, -0.2) is 0 Å². The van der Waals surface area contributed by atoms with Crippen LogP contribution in [0.5, 0.6) is 0 Å². The summed E-state index contributed by atoms with van der Waals surface area (Å²) in [4.78, 5) is 3.51. The Balaban J connectivity index is 1.66. The van der Waals surface area contributed by atoms with E-state index in [1.165, 1.54) is 35.3 Å². The van der Waals surface area contributed by atoms with Crippen molar-refractivity contribution in [2.24, 2.45) is 0 Å². The monoisotopic (exact) mass is 394 g/mol. The lowest BCUT2D eigenvalue weighted by Crippen LogP contribution is -2.33. The highest BCUT2D eigenvalue weighted by molar-refractivity contribution is 9.11. The Morgan fingerprint density at radius 1 is 1.27 bits per heavy atom. The summed E-state index contributed by atoms with van der Waals surface area (Å²) in [5.74, 6) is 0. The van der Waals surface area contributed by atoms with Crippen LogP contribution >= 0.6 is 39.5 Å². The van der Waals surface area contributed by atoms with Crippen LogP contribution in [0.25, 0.3) is 0 Å². The molecule has 0 fully saturated rings. The average Bonchev–Trinajstić information content (AvgIpc) is 3.12. The lowest BCUT2D eigenvalue weighted by Gasteiger charge is -2.24. The Bertz CT molecular complexity index is 681. The van der Waals surface area contributed by atoms with Crippen LogP contribution in [-0.2, 0) is 19.4 Å². The number of thiocarbonyl (C=S) groups is 1. The minimum absolute atomic E-state index is 0.796. The molecular formula is C17H19BrN2S2. The molecule has 2 aromatic rings. The van der Waals surface area contributed by atoms with Crippen LogP contribution in [0.15, 0.2) is 34.1 Å². The quantitative estimate of drug-likeness (QED) is 0.715. The fourth-order valence-electron chi connectivity index (χ4n) is 2.80. The zero-order chi connectivity index (χ0) is 15.5. The van der Waals surface area contributed by atoms with Gasteiger partial charge in [0, 0.05) is 17.1 Å². The molecule has 1 aromatic carbocycles. The summed E-state index contributed by atoms with van der Waals surface area (Å²) < 4.78 is 1.16. The topological polar surface area (TPSA) is 15.3 Å². The summed E-state index contributed by atoms with van der Waals surface area (Å²) in [6, 6.07) is 10.9. The molecular weight excluding hydrogens is 376 g/mol. The van der Waals surface area contributed by atoms with Crippen LogP contribution < -0.4 is 5.32 Å². The summed E-state index contributed by atoms with van der Waals surface area (Å²) in [5.41, 5.74) is 4.07. The summed E-state index contributed by atoms with van der Waals surface area (Å²) in [6.07, 6.45) is 3.68. The minimum atomic E-state index is 0.796. The zero-order valence-corrected chi connectivity index (χ0v) is 15.8. The molecule has 0 radical (unpaired) electrons. The molecule has 0 atom stereocenters. The first-order valence-corrected chi connectivity index (χ1v) is 9.59. The lowest BCUT2D eigenvalue weighted by molar-refractivity contribution is 0.446. The second-order valence-corrected chi connectivity index (χ2v) is 8.42. The number of nitrogens with zero attached hydrogens (tertiary/aromatic N) is 1. The maximum Gasteiger partial charge on any atom is 0.173 e. The third-order valence-electron chi connectivity index (χ3n) is 3.99. The standard InChI is InChI=1S/C17H19BrN2S2/c1-2-20(11-15-8-9-16(18)22-15)17(21)19-14-7-6-12-4-3-5-13(12)10-14/h6-10H,2-5,11H2,1H3,(H,19,21). The Morgan fingerprint density at radius 3 is 2.82 bits per heavy atom. The van der Waals surface area contributed by atoms with Gasteiger partial charge in [0.15, 0.2) is 5.11 Å². The minimum Gasteiger partial charge on any atom is -0.344 e. The largest absolute Gasteiger partial charge is 0.344 e. The second kappa shape index (κ2) is 7.11. The van der Waals surface area contributed by atoms with Gasteiger partial charge in [-0.1, -0.05) is 6.07 Å². The first-order valence-electron chi connectivity index (χ1n) is 7.57. The van der Waals surface area contributed by atoms with Crippen molar-refractivity contribution in [1.82, 2.24) is 4.90 Å². The Morgan fingerprint density at radius 2 is 2.09 bits per heavy atom. The molecule has 116 valence electrons. The van der Waals surface area contributed by atoms with Crippen molar-refractivity contribution in [3.63, 3.8) is 0 Å². The number of rotatable bonds is 4. The summed E-state index contributed by atoms with van der Waals surface area (Å²) >= 11 is 10.9. The second-order valence-electron chi connectivity index (χ2n) is 5.49. The van der Waals surface area contributed by atoms with Crippen molar-refractivity contribution in [2.45, 2.75) is 32.7 Å². The average molecular weight is 395 g/mol. The van der Waals surface area contributed by atoms with Gasteiger partial charge in [-0.05, 0) is 89.7 Å². The van der Waals surface area contributed by atoms with E-state index in [1.807, 2.05) is 0 Å². The van der Waals surface area contributed by atoms with Gasteiger partial charge in [-0.15, -0.1) is 11.3 Å². The van der Waals surface area contributed by atoms with E-state index in [2.05, 4.69) is 63.4 Å². The Hall–Kier alpha value is -0.910. The van der Waals surface area contributed by atoms with E-state index in [0.29, 0.717) is 0 Å². The molecule has 3 rings (SSSR count). The predicted molar refractivity (Wildman–Crippen MR) is 103 cm³/mol. The van der Waals surface area contributed by atoms with E-state index in [0.717, 1.165) is 27.7 Å². The number of thiophene rings is 1. The van der Waals surface area contributed by atoms with E-state index >= 15 is 0 Å². The van der Waals surface area contributed by atoms with E-state index in [9.17, 15) is 0 Å². The molecule has 1 aliphatic carbocycles. The molecule has 22 heavy (non-hydrogen) atoms. The lowest BCUT2D eigenvalue weighted by atomic mass is 10.1. The van der Waals surface area contributed by atoms with Crippen LogP contribution in [0.2, 0.25) is 0 Å². The smallest absolute Gasteiger partial charge is 0.173 e. The Labute approximate surface area is 149 Å². The van der Waals surface area contributed by atoms with Crippen molar-refractivity contribution in [1.29, 1.82) is 0 Å². The van der Waals surface area contributed by atoms with Gasteiger partial charge in [0.1, 0.15) is 0 Å². The van der Waals surface area contributed by atoms with Crippen molar-refractivity contribution in [3.8, 4) is 0 Å². The van der Waals surface area contributed by atoms with Gasteiger partial charge in [-0.3, -0.25) is 0 Å². The SMILES string of the molecule is CCN(Cc1ccc(Br)s1)C(=S)Nc1ccc2c(c1)CCC2. The third-order valence-corrected chi connectivity index (χ3v) is 5.96. The molecule has 1 aliphatic rings. The van der Waals surface area contributed by atoms with Gasteiger partial charge in [0.2, 0.25) is 0 Å². The number of hydrogen-bond donors (Lipinski definition) is 1. The van der Waals surface area contributed by atoms with Gasteiger partial charge in [0.05, 0.1) is 10.3 Å². The summed E-state index contributed by atoms with van der Waals surface area (Å²) in [5, 5.41) is 4.20. The van der Waals surface area contributed by atoms with Crippen LogP contribution in [0, 0.1) is 0 Å². The highest BCUT2D eigenvalue weighted by atomic mass is 79.9. The number of halogens is 1. The van der Waals surface area contributed by atoms with Crippen molar-refractivity contribution < 1.29 is 0 Å². The molecule has 0 aliphatic heterocycles. The van der Waals surface area contributed by atoms with Crippen molar-refractivity contribution in [2.75, 3.05) is 11.9 Å². The Kier molecular flexibility index (Phi) is 5.16. The van der Waals surface area contributed by atoms with Gasteiger partial charge >= 0.3 is 0 Å². The van der Waals surface area contributed by atoms with E-state index in [-0.39, 0.29) is 0 Å². The number of aryl methyl sites for hydroxylation is 2. The number of benzene rings is 1. The normalized spacial score (nSPS) is 13.0. The zero-order valence-electron chi connectivity index (χ0n) is 12.6. The first-order chi connectivity index (χ1) is 10.7. The highest BCUT2D eigenvalue weighted by Crippen LogP contribution is 2.26. The predicted octanol–water partition coefficient (Wildman–Crippen LogP) is 5.22. The molecule has 0 amide bonds. The summed E-state index contributed by atoms with van der Waals surface area (Å²) in [7, 11) is 0. The molecule has 5 heteroatoms. The number of fused-ring (bicyclic) bond motifs is 1. The molecule has 2 nitrogen and oxygen atoms in total. The van der Waals surface area contributed by atoms with Crippen molar-refractivity contribution in [3.05, 3.63) is 50.1 Å². The van der Waals surface area contributed by atoms with Crippen molar-refractivity contribution >= 4 is 50.3 Å². The van der Waals surface area contributed by atoms with Gasteiger partial charge < -0.3 is 10.2 Å². The number of anilines is 1.